The molecule has 1 aliphatic rings. The summed E-state index contributed by atoms with van der Waals surface area (Å²) in [5.41, 5.74) is 3.70. The smallest absolute Gasteiger partial charge is 0.243 e. The SMILES string of the molecule is COc1ccc(CCNC(=O)[C@@H](Cc2ccccc2)N(Cc2ccc(OC)cc2)C(=O)CCc2ccc(S(=O)(=O)NC3CC3)cc2)cc1. The number of amides is 2. The molecule has 0 bridgehead atoms. The van der Waals surface area contributed by atoms with Gasteiger partial charge in [0.05, 0.1) is 19.1 Å². The highest BCUT2D eigenvalue weighted by atomic mass is 32.2. The number of carbonyl (C=O) groups excluding carboxylic acids is 2. The van der Waals surface area contributed by atoms with Crippen LogP contribution in [0.4, 0.5) is 0 Å². The highest BCUT2D eigenvalue weighted by molar-refractivity contribution is 7.89. The van der Waals surface area contributed by atoms with Gasteiger partial charge in [0.15, 0.2) is 0 Å². The summed E-state index contributed by atoms with van der Waals surface area (Å²) >= 11 is 0. The van der Waals surface area contributed by atoms with Crippen LogP contribution in [0.2, 0.25) is 0 Å². The Morgan fingerprint density at radius 3 is 1.90 bits per heavy atom. The fourth-order valence-electron chi connectivity index (χ4n) is 5.44. The van der Waals surface area contributed by atoms with E-state index in [1.54, 1.807) is 43.4 Å². The molecule has 4 aromatic rings. The van der Waals surface area contributed by atoms with E-state index in [1.165, 1.54) is 0 Å². The van der Waals surface area contributed by atoms with Crippen LogP contribution in [0.3, 0.4) is 0 Å². The van der Waals surface area contributed by atoms with Crippen LogP contribution in [0.25, 0.3) is 0 Å². The third-order valence-corrected chi connectivity index (χ3v) is 9.95. The lowest BCUT2D eigenvalue weighted by atomic mass is 10.0. The van der Waals surface area contributed by atoms with E-state index in [1.807, 2.05) is 78.9 Å². The molecule has 9 nitrogen and oxygen atoms in total. The summed E-state index contributed by atoms with van der Waals surface area (Å²) in [5.74, 6) is 1.06. The van der Waals surface area contributed by atoms with Crippen molar-refractivity contribution in [1.82, 2.24) is 14.9 Å². The Labute approximate surface area is 283 Å². The summed E-state index contributed by atoms with van der Waals surface area (Å²) in [4.78, 5) is 29.9. The maximum absolute atomic E-state index is 14.1. The van der Waals surface area contributed by atoms with Crippen molar-refractivity contribution in [3.05, 3.63) is 125 Å². The second-order valence-corrected chi connectivity index (χ2v) is 13.7. The summed E-state index contributed by atoms with van der Waals surface area (Å²) < 4.78 is 38.5. The standard InChI is InChI=1S/C38H43N3O6S/c1-46-33-17-8-29(9-18-33)24-25-39-38(43)36(26-30-6-4-3-5-7-30)41(27-31-10-19-34(47-2)20-11-31)37(42)23-14-28-12-21-35(22-13-28)48(44,45)40-32-15-16-32/h3-13,17-22,32,36,40H,14-16,23-27H2,1-2H3,(H,39,43)/t36-/m1/s1. The third-order valence-electron chi connectivity index (χ3n) is 8.42. The van der Waals surface area contributed by atoms with Crippen molar-refractivity contribution in [2.45, 2.75) is 62.0 Å². The number of methoxy groups -OCH3 is 2. The van der Waals surface area contributed by atoms with Gasteiger partial charge in [0.25, 0.3) is 0 Å². The molecule has 48 heavy (non-hydrogen) atoms. The number of carbonyl (C=O) groups is 2. The van der Waals surface area contributed by atoms with Crippen LogP contribution >= 0.6 is 0 Å². The van der Waals surface area contributed by atoms with Crippen molar-refractivity contribution in [2.75, 3.05) is 20.8 Å². The van der Waals surface area contributed by atoms with Crippen molar-refractivity contribution in [3.63, 3.8) is 0 Å². The minimum absolute atomic E-state index is 0.0208. The van der Waals surface area contributed by atoms with Crippen LogP contribution in [-0.2, 0) is 45.4 Å². The normalized spacial score (nSPS) is 13.4. The molecule has 0 radical (unpaired) electrons. The summed E-state index contributed by atoms with van der Waals surface area (Å²) in [6.07, 6.45) is 3.23. The summed E-state index contributed by atoms with van der Waals surface area (Å²) in [6, 6.07) is 30.8. The summed E-state index contributed by atoms with van der Waals surface area (Å²) in [7, 11) is -0.339. The van der Waals surface area contributed by atoms with Gasteiger partial charge < -0.3 is 19.7 Å². The number of rotatable bonds is 17. The van der Waals surface area contributed by atoms with Gasteiger partial charge in [-0.15, -0.1) is 0 Å². The maximum atomic E-state index is 14.1. The first kappa shape index (κ1) is 34.7. The van der Waals surface area contributed by atoms with Crippen LogP contribution in [0.1, 0.15) is 41.5 Å². The van der Waals surface area contributed by atoms with Crippen molar-refractivity contribution in [3.8, 4) is 11.5 Å². The quantitative estimate of drug-likeness (QED) is 0.162. The first-order chi connectivity index (χ1) is 23.2. The molecule has 1 fully saturated rings. The summed E-state index contributed by atoms with van der Waals surface area (Å²) in [5, 5.41) is 3.08. The van der Waals surface area contributed by atoms with Crippen LogP contribution in [0.5, 0.6) is 11.5 Å². The van der Waals surface area contributed by atoms with E-state index in [-0.39, 0.29) is 35.7 Å². The second kappa shape index (κ2) is 16.4. The highest BCUT2D eigenvalue weighted by Gasteiger charge is 2.31. The average Bonchev–Trinajstić information content (AvgIpc) is 3.93. The molecular formula is C38H43N3O6S. The molecule has 0 aliphatic heterocycles. The van der Waals surface area contributed by atoms with Crippen LogP contribution < -0.4 is 19.5 Å². The Morgan fingerprint density at radius 1 is 0.750 bits per heavy atom. The minimum atomic E-state index is -3.56. The van der Waals surface area contributed by atoms with Crippen molar-refractivity contribution >= 4 is 21.8 Å². The molecule has 10 heteroatoms. The molecule has 0 aromatic heterocycles. The molecule has 1 atom stereocenters. The zero-order valence-electron chi connectivity index (χ0n) is 27.4. The Hall–Kier alpha value is -4.67. The molecule has 2 amide bonds. The molecule has 5 rings (SSSR count). The van der Waals surface area contributed by atoms with Gasteiger partial charge in [0.1, 0.15) is 17.5 Å². The highest BCUT2D eigenvalue weighted by Crippen LogP contribution is 2.23. The monoisotopic (exact) mass is 669 g/mol. The lowest BCUT2D eigenvalue weighted by Gasteiger charge is -2.32. The van der Waals surface area contributed by atoms with E-state index in [4.69, 9.17) is 9.47 Å². The topological polar surface area (TPSA) is 114 Å². The first-order valence-electron chi connectivity index (χ1n) is 16.2. The lowest BCUT2D eigenvalue weighted by molar-refractivity contribution is -0.141. The number of ether oxygens (including phenoxy) is 2. The molecule has 0 saturated heterocycles. The summed E-state index contributed by atoms with van der Waals surface area (Å²) in [6.45, 7) is 0.641. The average molecular weight is 670 g/mol. The number of nitrogens with zero attached hydrogens (tertiary/aromatic N) is 1. The number of aryl methyl sites for hydroxylation is 1. The van der Waals surface area contributed by atoms with Crippen LogP contribution in [-0.4, -0.2) is 58.0 Å². The number of nitrogens with one attached hydrogen (secondary N) is 2. The molecule has 0 heterocycles. The van der Waals surface area contributed by atoms with E-state index < -0.39 is 16.1 Å². The van der Waals surface area contributed by atoms with Crippen molar-refractivity contribution in [2.24, 2.45) is 0 Å². The molecular weight excluding hydrogens is 627 g/mol. The first-order valence-corrected chi connectivity index (χ1v) is 17.7. The van der Waals surface area contributed by atoms with Gasteiger partial charge in [0, 0.05) is 32.0 Å². The Balaban J connectivity index is 1.34. The number of hydrogen-bond acceptors (Lipinski definition) is 6. The molecule has 0 spiro atoms. The van der Waals surface area contributed by atoms with E-state index >= 15 is 0 Å². The van der Waals surface area contributed by atoms with E-state index in [2.05, 4.69) is 10.0 Å². The number of hydrogen-bond donors (Lipinski definition) is 2. The van der Waals surface area contributed by atoms with Gasteiger partial charge in [-0.3, -0.25) is 9.59 Å². The van der Waals surface area contributed by atoms with E-state index in [9.17, 15) is 18.0 Å². The molecule has 252 valence electrons. The van der Waals surface area contributed by atoms with Crippen LogP contribution in [0, 0.1) is 0 Å². The van der Waals surface area contributed by atoms with Gasteiger partial charge >= 0.3 is 0 Å². The zero-order chi connectivity index (χ0) is 33.9. The van der Waals surface area contributed by atoms with Gasteiger partial charge in [0.2, 0.25) is 21.8 Å². The minimum Gasteiger partial charge on any atom is -0.497 e. The molecule has 4 aromatic carbocycles. The fraction of sp³-hybridized carbons (Fsp3) is 0.316. The fourth-order valence-corrected chi connectivity index (χ4v) is 6.75. The number of sulfonamides is 1. The molecule has 1 saturated carbocycles. The van der Waals surface area contributed by atoms with E-state index in [0.717, 1.165) is 40.8 Å². The van der Waals surface area contributed by atoms with Crippen molar-refractivity contribution in [1.29, 1.82) is 0 Å². The maximum Gasteiger partial charge on any atom is 0.243 e. The second-order valence-electron chi connectivity index (χ2n) is 12.0. The predicted octanol–water partition coefficient (Wildman–Crippen LogP) is 5.08. The third kappa shape index (κ3) is 9.92. The zero-order valence-corrected chi connectivity index (χ0v) is 28.2. The van der Waals surface area contributed by atoms with Gasteiger partial charge in [-0.05, 0) is 84.3 Å². The predicted molar refractivity (Wildman–Crippen MR) is 185 cm³/mol. The lowest BCUT2D eigenvalue weighted by Crippen LogP contribution is -2.50. The van der Waals surface area contributed by atoms with E-state index in [0.29, 0.717) is 31.6 Å². The van der Waals surface area contributed by atoms with Crippen LogP contribution in [0.15, 0.2) is 108 Å². The molecule has 1 aliphatic carbocycles. The Morgan fingerprint density at radius 2 is 1.31 bits per heavy atom. The Bertz CT molecular complexity index is 1740. The Kier molecular flexibility index (Phi) is 11.9. The van der Waals surface area contributed by atoms with Gasteiger partial charge in [-0.25, -0.2) is 13.1 Å². The largest absolute Gasteiger partial charge is 0.497 e. The number of benzene rings is 4. The van der Waals surface area contributed by atoms with Crippen molar-refractivity contribution < 1.29 is 27.5 Å². The van der Waals surface area contributed by atoms with Gasteiger partial charge in [-0.2, -0.15) is 0 Å². The molecule has 2 N–H and O–H groups in total. The molecule has 0 unspecified atom stereocenters. The van der Waals surface area contributed by atoms with Gasteiger partial charge in [-0.1, -0.05) is 66.7 Å².